The maximum atomic E-state index is 12.8. The zero-order valence-electron chi connectivity index (χ0n) is 38.2. The molecule has 3 heterocycles. The van der Waals surface area contributed by atoms with Crippen LogP contribution in [0.3, 0.4) is 0 Å². The van der Waals surface area contributed by atoms with E-state index in [4.69, 9.17) is 23.7 Å². The van der Waals surface area contributed by atoms with E-state index < -0.39 is 29.6 Å². The van der Waals surface area contributed by atoms with Crippen LogP contribution in [0.1, 0.15) is 102 Å². The van der Waals surface area contributed by atoms with Crippen molar-refractivity contribution in [1.29, 1.82) is 0 Å². The fourth-order valence-electron chi connectivity index (χ4n) is 13.6. The van der Waals surface area contributed by atoms with E-state index in [0.29, 0.717) is 83.8 Å². The minimum Gasteiger partial charge on any atom is -0.502 e. The third kappa shape index (κ3) is 6.88. The lowest BCUT2D eigenvalue weighted by Gasteiger charge is -2.61. The van der Waals surface area contributed by atoms with Gasteiger partial charge in [-0.15, -0.1) is 0 Å². The highest BCUT2D eigenvalue weighted by molar-refractivity contribution is 6.12. The van der Waals surface area contributed by atoms with Crippen LogP contribution in [0.5, 0.6) is 34.5 Å². The highest BCUT2D eigenvalue weighted by Crippen LogP contribution is 2.64. The van der Waals surface area contributed by atoms with Gasteiger partial charge in [0.25, 0.3) is 11.8 Å². The second-order valence-electron chi connectivity index (χ2n) is 19.5. The standard InChI is InChI=1S/C53H59N3O11/c1-4-54-26-67-41-20-39(63-2)33-11-12-34-46-38(55-52(62)49(41)48(33)46)19-40-47(34)50(60)35(25-66-40)30-17-42(64-3)51(61)43(18-30)65-24-31(23-57)53-21-27(22-56-44(58)13-14-45(56)59)15-29-10-9-28(16-37(29)53)32-7-5-6-8-36(32)53/h5-8,13-14,17-20,27-29,31,35,37,50,52,54-55,57,60-62H,4,9-12,15-16,21-26H2,1-3H3. The summed E-state index contributed by atoms with van der Waals surface area (Å²) in [4.78, 5) is 27.0. The number of anilines is 1. The van der Waals surface area contributed by atoms with E-state index in [2.05, 4.69) is 34.9 Å². The van der Waals surface area contributed by atoms with Gasteiger partial charge in [-0.1, -0.05) is 31.2 Å². The Hall–Kier alpha value is -5.80. The number of phenols is 1. The number of fused-ring (bicyclic) bond motifs is 6. The molecule has 4 aliphatic carbocycles. The van der Waals surface area contributed by atoms with E-state index in [0.717, 1.165) is 47.9 Å². The SMILES string of the molecule is CCNCOc1cc(OC)c2c3c1C(O)Nc1cc4c(c(c1-3)CC2)C(O)C(c1cc(OC)c(O)c(OCC(CO)C23CC(CN5C(=O)C=CC5=O)CC5CCC(CC52)c2ccccc23)c1)CO4. The number of nitrogens with zero attached hydrogens (tertiary/aromatic N) is 1. The topological polar surface area (TPSA) is 189 Å². The number of nitrogens with one attached hydrogen (secondary N) is 2. The van der Waals surface area contributed by atoms with Gasteiger partial charge in [0.15, 0.2) is 17.7 Å². The fraction of sp³-hybridized carbons (Fsp3) is 0.472. The summed E-state index contributed by atoms with van der Waals surface area (Å²) < 4.78 is 31.0. The number of aliphatic hydroxyl groups is 3. The summed E-state index contributed by atoms with van der Waals surface area (Å²) in [6, 6.07) is 15.7. The van der Waals surface area contributed by atoms with Gasteiger partial charge in [-0.2, -0.15) is 0 Å². The first-order chi connectivity index (χ1) is 32.6. The number of phenolic OH excluding ortho intramolecular Hbond substituents is 1. The van der Waals surface area contributed by atoms with Gasteiger partial charge in [-0.3, -0.25) is 19.8 Å². The van der Waals surface area contributed by atoms with Gasteiger partial charge in [0, 0.05) is 76.0 Å². The Labute approximate surface area is 389 Å². The Balaban J connectivity index is 0.930. The molecule has 2 saturated carbocycles. The van der Waals surface area contributed by atoms with Gasteiger partial charge in [-0.25, -0.2) is 0 Å². The first kappa shape index (κ1) is 43.8. The molecule has 9 atom stereocenters. The molecule has 11 rings (SSSR count). The Kier molecular flexibility index (Phi) is 11.1. The van der Waals surface area contributed by atoms with E-state index in [-0.39, 0.29) is 67.5 Å². The third-order valence-electron chi connectivity index (χ3n) is 16.4. The van der Waals surface area contributed by atoms with Crippen molar-refractivity contribution in [2.75, 3.05) is 59.2 Å². The van der Waals surface area contributed by atoms with Gasteiger partial charge in [0.1, 0.15) is 24.0 Å². The predicted molar refractivity (Wildman–Crippen MR) is 248 cm³/mol. The Morgan fingerprint density at radius 2 is 1.69 bits per heavy atom. The molecule has 3 aliphatic heterocycles. The zero-order chi connectivity index (χ0) is 46.3. The van der Waals surface area contributed by atoms with E-state index >= 15 is 0 Å². The molecule has 9 unspecified atom stereocenters. The first-order valence-electron chi connectivity index (χ1n) is 23.9. The molecule has 2 fully saturated rings. The Morgan fingerprint density at radius 3 is 2.46 bits per heavy atom. The van der Waals surface area contributed by atoms with Crippen molar-refractivity contribution in [3.63, 3.8) is 0 Å². The van der Waals surface area contributed by atoms with E-state index in [1.807, 2.05) is 19.1 Å². The van der Waals surface area contributed by atoms with E-state index in [9.17, 15) is 30.0 Å². The molecule has 2 bridgehead atoms. The van der Waals surface area contributed by atoms with Gasteiger partial charge >= 0.3 is 0 Å². The summed E-state index contributed by atoms with van der Waals surface area (Å²) in [5.74, 6) is 1.35. The molecule has 0 radical (unpaired) electrons. The van der Waals surface area contributed by atoms with Crippen molar-refractivity contribution in [2.45, 2.75) is 81.5 Å². The molecule has 6 N–H and O–H groups in total. The largest absolute Gasteiger partial charge is 0.502 e. The highest BCUT2D eigenvalue weighted by atomic mass is 16.5. The van der Waals surface area contributed by atoms with Crippen molar-refractivity contribution in [3.05, 3.63) is 99.6 Å². The summed E-state index contributed by atoms with van der Waals surface area (Å²) in [6.07, 6.45) is 6.48. The molecule has 352 valence electrons. The maximum Gasteiger partial charge on any atom is 0.253 e. The minimum absolute atomic E-state index is 0.0237. The first-order valence-corrected chi connectivity index (χ1v) is 23.9. The van der Waals surface area contributed by atoms with Crippen LogP contribution in [0.25, 0.3) is 11.1 Å². The van der Waals surface area contributed by atoms with Crippen molar-refractivity contribution in [3.8, 4) is 45.6 Å². The van der Waals surface area contributed by atoms with Gasteiger partial charge in [0.2, 0.25) is 5.75 Å². The van der Waals surface area contributed by atoms with Crippen LogP contribution in [0.2, 0.25) is 0 Å². The lowest BCUT2D eigenvalue weighted by atomic mass is 9.44. The van der Waals surface area contributed by atoms with Gasteiger partial charge in [0.05, 0.1) is 45.7 Å². The summed E-state index contributed by atoms with van der Waals surface area (Å²) in [7, 11) is 3.11. The summed E-state index contributed by atoms with van der Waals surface area (Å²) in [6.45, 7) is 3.28. The molecular formula is C53H59N3O11. The number of carbonyl (C=O) groups excluding carboxylic acids is 2. The molecule has 67 heavy (non-hydrogen) atoms. The van der Waals surface area contributed by atoms with Crippen LogP contribution in [-0.2, 0) is 27.8 Å². The lowest BCUT2D eigenvalue weighted by molar-refractivity contribution is -0.138. The number of hydrogen-bond acceptors (Lipinski definition) is 13. The smallest absolute Gasteiger partial charge is 0.253 e. The molecule has 14 nitrogen and oxygen atoms in total. The van der Waals surface area contributed by atoms with Crippen LogP contribution >= 0.6 is 0 Å². The highest BCUT2D eigenvalue weighted by Gasteiger charge is 2.59. The summed E-state index contributed by atoms with van der Waals surface area (Å²) >= 11 is 0. The second-order valence-corrected chi connectivity index (χ2v) is 19.5. The van der Waals surface area contributed by atoms with Crippen LogP contribution in [0.4, 0.5) is 5.69 Å². The summed E-state index contributed by atoms with van der Waals surface area (Å²) in [5, 5.41) is 53.8. The van der Waals surface area contributed by atoms with Crippen molar-refractivity contribution >= 4 is 17.5 Å². The number of aliphatic hydroxyl groups excluding tert-OH is 3. The normalized spacial score (nSPS) is 27.6. The maximum absolute atomic E-state index is 12.8. The number of aromatic hydroxyl groups is 1. The molecular weight excluding hydrogens is 855 g/mol. The molecule has 14 heteroatoms. The lowest BCUT2D eigenvalue weighted by Crippen LogP contribution is -2.58. The minimum atomic E-state index is -1.06. The van der Waals surface area contributed by atoms with Crippen LogP contribution in [0, 0.1) is 23.7 Å². The number of hydrogen-bond donors (Lipinski definition) is 6. The molecule has 0 saturated heterocycles. The Bertz CT molecular complexity index is 2670. The van der Waals surface area contributed by atoms with Gasteiger partial charge in [-0.05, 0) is 110 Å². The number of imide groups is 1. The van der Waals surface area contributed by atoms with Crippen LogP contribution < -0.4 is 34.3 Å². The van der Waals surface area contributed by atoms with Crippen molar-refractivity contribution in [2.24, 2.45) is 23.7 Å². The second kappa shape index (κ2) is 17.1. The van der Waals surface area contributed by atoms with Crippen LogP contribution in [-0.4, -0.2) is 91.0 Å². The average molecular weight is 914 g/mol. The van der Waals surface area contributed by atoms with E-state index in [1.165, 1.54) is 35.3 Å². The number of ether oxygens (including phenoxy) is 5. The molecule has 4 aromatic carbocycles. The number of carbonyl (C=O) groups is 2. The number of benzene rings is 4. The monoisotopic (exact) mass is 913 g/mol. The molecule has 0 aromatic heterocycles. The number of methoxy groups -OCH3 is 2. The fourth-order valence-corrected chi connectivity index (χ4v) is 13.6. The molecule has 7 aliphatic rings. The summed E-state index contributed by atoms with van der Waals surface area (Å²) in [5.41, 5.74) is 8.18. The molecule has 2 amide bonds. The molecule has 4 aromatic rings. The van der Waals surface area contributed by atoms with Crippen molar-refractivity contribution < 1.29 is 53.7 Å². The Morgan fingerprint density at radius 1 is 0.910 bits per heavy atom. The zero-order valence-corrected chi connectivity index (χ0v) is 38.2. The predicted octanol–water partition coefficient (Wildman–Crippen LogP) is 6.52. The van der Waals surface area contributed by atoms with Crippen molar-refractivity contribution in [1.82, 2.24) is 10.2 Å². The van der Waals surface area contributed by atoms with E-state index in [1.54, 1.807) is 19.2 Å². The number of rotatable bonds is 14. The third-order valence-corrected chi connectivity index (χ3v) is 16.4. The quantitative estimate of drug-likeness (QED) is 0.0457. The van der Waals surface area contributed by atoms with Gasteiger partial charge < -0.3 is 49.4 Å². The molecule has 0 spiro atoms. The average Bonchev–Trinajstić information content (AvgIpc) is 3.66. The van der Waals surface area contributed by atoms with Crippen LogP contribution in [0.15, 0.2) is 60.7 Å². The number of amides is 2.